The average molecular weight is 297 g/mol. The Morgan fingerprint density at radius 2 is 1.53 bits per heavy atom. The van der Waals surface area contributed by atoms with E-state index in [1.165, 1.54) is 0 Å². The molecule has 0 heterocycles. The monoisotopic (exact) mass is 296 g/mol. The van der Waals surface area contributed by atoms with E-state index >= 15 is 0 Å². The fraction of sp³-hybridized carbons (Fsp3) is 0.846. The maximum absolute atomic E-state index is 6.42. The Morgan fingerprint density at radius 1 is 1.12 bits per heavy atom. The van der Waals surface area contributed by atoms with E-state index < -0.39 is 18.3 Å². The third kappa shape index (κ3) is 4.27. The molecule has 0 saturated carbocycles. The van der Waals surface area contributed by atoms with E-state index in [-0.39, 0.29) is 0 Å². The van der Waals surface area contributed by atoms with Crippen molar-refractivity contribution in [1.29, 1.82) is 0 Å². The van der Waals surface area contributed by atoms with Gasteiger partial charge in [-0.25, -0.2) is 0 Å². The lowest BCUT2D eigenvalue weighted by atomic mass is 10.0. The zero-order valence-corrected chi connectivity index (χ0v) is 14.3. The summed E-state index contributed by atoms with van der Waals surface area (Å²) in [5, 5.41) is 0. The minimum atomic E-state index is -1.69. The highest BCUT2D eigenvalue weighted by Gasteiger charge is 2.46. The van der Waals surface area contributed by atoms with Gasteiger partial charge in [-0.1, -0.05) is 50.0 Å². The minimum Gasteiger partial charge on any atom is -0.409 e. The van der Waals surface area contributed by atoms with Gasteiger partial charge in [-0.3, -0.25) is 0 Å². The second-order valence-corrected chi connectivity index (χ2v) is 11.2. The quantitative estimate of drug-likeness (QED) is 0.325. The lowest BCUT2D eigenvalue weighted by Crippen LogP contribution is -2.52. The molecule has 0 atom stereocenters. The molecule has 0 spiro atoms. The van der Waals surface area contributed by atoms with Crippen LogP contribution in [-0.4, -0.2) is 18.3 Å². The van der Waals surface area contributed by atoms with E-state index in [9.17, 15) is 0 Å². The molecule has 0 amide bonds. The first kappa shape index (κ1) is 17.5. The molecule has 0 aliphatic heterocycles. The first-order valence-electron chi connectivity index (χ1n) is 6.39. The third-order valence-corrected chi connectivity index (χ3v) is 9.71. The van der Waals surface area contributed by atoms with Crippen LogP contribution in [0.25, 0.3) is 0 Å². The molecule has 0 radical (unpaired) electrons. The SMILES string of the molecule is C=CCC(Cl)(Cl)C(C)(C)O[Si](CC)(CC)CC. The van der Waals surface area contributed by atoms with Gasteiger partial charge in [0.2, 0.25) is 0 Å². The summed E-state index contributed by atoms with van der Waals surface area (Å²) in [4.78, 5) is 0. The molecule has 0 aliphatic rings. The van der Waals surface area contributed by atoms with Gasteiger partial charge in [0.25, 0.3) is 0 Å². The van der Waals surface area contributed by atoms with Crippen molar-refractivity contribution in [1.82, 2.24) is 0 Å². The van der Waals surface area contributed by atoms with Crippen LogP contribution in [0.15, 0.2) is 12.7 Å². The summed E-state index contributed by atoms with van der Waals surface area (Å²) >= 11 is 12.8. The summed E-state index contributed by atoms with van der Waals surface area (Å²) in [6.07, 6.45) is 2.28. The zero-order chi connectivity index (χ0) is 13.7. The molecule has 0 N–H and O–H groups in total. The molecule has 17 heavy (non-hydrogen) atoms. The van der Waals surface area contributed by atoms with E-state index in [0.29, 0.717) is 6.42 Å². The number of halogens is 2. The molecule has 0 saturated heterocycles. The molecular weight excluding hydrogens is 271 g/mol. The van der Waals surface area contributed by atoms with Gasteiger partial charge in [0, 0.05) is 6.42 Å². The van der Waals surface area contributed by atoms with Crippen LogP contribution in [0.4, 0.5) is 0 Å². The fourth-order valence-electron chi connectivity index (χ4n) is 2.01. The summed E-state index contributed by atoms with van der Waals surface area (Å²) in [5.41, 5.74) is -0.543. The smallest absolute Gasteiger partial charge is 0.192 e. The molecule has 0 aromatic rings. The van der Waals surface area contributed by atoms with Gasteiger partial charge >= 0.3 is 0 Å². The van der Waals surface area contributed by atoms with Crippen molar-refractivity contribution in [2.45, 2.75) is 69.1 Å². The number of alkyl halides is 2. The van der Waals surface area contributed by atoms with Crippen molar-refractivity contribution >= 4 is 31.5 Å². The number of rotatable bonds is 8. The van der Waals surface area contributed by atoms with Crippen molar-refractivity contribution in [3.8, 4) is 0 Å². The normalized spacial score (nSPS) is 13.8. The molecule has 102 valence electrons. The number of hydrogen-bond acceptors (Lipinski definition) is 1. The fourth-order valence-corrected chi connectivity index (χ4v) is 5.62. The highest BCUT2D eigenvalue weighted by molar-refractivity contribution is 6.73. The number of allylic oxidation sites excluding steroid dienone is 1. The summed E-state index contributed by atoms with van der Waals surface area (Å²) in [5.74, 6) is 0. The van der Waals surface area contributed by atoms with E-state index in [4.69, 9.17) is 27.6 Å². The van der Waals surface area contributed by atoms with E-state index in [2.05, 4.69) is 27.4 Å². The Kier molecular flexibility index (Phi) is 6.79. The van der Waals surface area contributed by atoms with Gasteiger partial charge in [-0.2, -0.15) is 0 Å². The standard InChI is InChI=1S/C13H26Cl2OSi/c1-7-11-13(14,15)12(5,6)16-17(8-2,9-3)10-4/h7H,1,8-11H2,2-6H3. The van der Waals surface area contributed by atoms with Crippen LogP contribution in [0.2, 0.25) is 18.1 Å². The highest BCUT2D eigenvalue weighted by atomic mass is 35.5. The van der Waals surface area contributed by atoms with Gasteiger partial charge in [0.1, 0.15) is 4.33 Å². The van der Waals surface area contributed by atoms with Crippen molar-refractivity contribution in [3.63, 3.8) is 0 Å². The van der Waals surface area contributed by atoms with Crippen LogP contribution in [0.5, 0.6) is 0 Å². The summed E-state index contributed by atoms with van der Waals surface area (Å²) < 4.78 is 5.51. The average Bonchev–Trinajstić information content (AvgIpc) is 2.26. The van der Waals surface area contributed by atoms with E-state index in [0.717, 1.165) is 18.1 Å². The Balaban J connectivity index is 5.00. The van der Waals surface area contributed by atoms with Gasteiger partial charge in [-0.15, -0.1) is 6.58 Å². The Hall–Kier alpha value is 0.497. The highest BCUT2D eigenvalue weighted by Crippen LogP contribution is 2.43. The largest absolute Gasteiger partial charge is 0.409 e. The molecule has 0 bridgehead atoms. The first-order chi connectivity index (χ1) is 7.70. The third-order valence-electron chi connectivity index (χ3n) is 3.69. The lowest BCUT2D eigenvalue weighted by molar-refractivity contribution is 0.0775. The van der Waals surface area contributed by atoms with Crippen molar-refractivity contribution in [2.24, 2.45) is 0 Å². The molecule has 0 aliphatic carbocycles. The van der Waals surface area contributed by atoms with Crippen molar-refractivity contribution in [2.75, 3.05) is 0 Å². The summed E-state index contributed by atoms with van der Waals surface area (Å²) in [6, 6.07) is 3.30. The molecule has 0 fully saturated rings. The second kappa shape index (κ2) is 6.60. The van der Waals surface area contributed by atoms with Crippen molar-refractivity contribution in [3.05, 3.63) is 12.7 Å². The Labute approximate surface area is 118 Å². The Bertz CT molecular complexity index is 240. The molecule has 0 rings (SSSR count). The lowest BCUT2D eigenvalue weighted by Gasteiger charge is -2.44. The van der Waals surface area contributed by atoms with Crippen LogP contribution in [0.3, 0.4) is 0 Å². The van der Waals surface area contributed by atoms with E-state index in [1.807, 2.05) is 13.8 Å². The number of hydrogen-bond donors (Lipinski definition) is 0. The first-order valence-corrected chi connectivity index (χ1v) is 9.67. The predicted octanol–water partition coefficient (Wildman–Crippen LogP) is 5.54. The van der Waals surface area contributed by atoms with Crippen molar-refractivity contribution < 1.29 is 4.43 Å². The minimum absolute atomic E-state index is 0.532. The molecule has 0 unspecified atom stereocenters. The molecular formula is C13H26Cl2OSi. The maximum Gasteiger partial charge on any atom is 0.192 e. The van der Waals surface area contributed by atoms with Gasteiger partial charge in [-0.05, 0) is 32.0 Å². The van der Waals surface area contributed by atoms with Crippen LogP contribution < -0.4 is 0 Å². The summed E-state index contributed by atoms with van der Waals surface area (Å²) in [6.45, 7) is 14.3. The predicted molar refractivity (Wildman–Crippen MR) is 81.6 cm³/mol. The molecule has 0 aromatic carbocycles. The van der Waals surface area contributed by atoms with Gasteiger partial charge in [0.05, 0.1) is 5.60 Å². The topological polar surface area (TPSA) is 9.23 Å². The maximum atomic E-state index is 6.42. The zero-order valence-electron chi connectivity index (χ0n) is 11.8. The molecule has 0 aromatic heterocycles. The Morgan fingerprint density at radius 3 is 1.82 bits per heavy atom. The molecule has 4 heteroatoms. The molecule has 1 nitrogen and oxygen atoms in total. The van der Waals surface area contributed by atoms with Crippen LogP contribution in [0.1, 0.15) is 41.0 Å². The van der Waals surface area contributed by atoms with Gasteiger partial charge < -0.3 is 4.43 Å². The van der Waals surface area contributed by atoms with Crippen LogP contribution >= 0.6 is 23.2 Å². The van der Waals surface area contributed by atoms with E-state index in [1.54, 1.807) is 6.08 Å². The van der Waals surface area contributed by atoms with Crippen LogP contribution in [0, 0.1) is 0 Å². The van der Waals surface area contributed by atoms with Crippen LogP contribution in [-0.2, 0) is 4.43 Å². The second-order valence-electron chi connectivity index (χ2n) is 5.05. The summed E-state index contributed by atoms with van der Waals surface area (Å²) in [7, 11) is -1.69. The van der Waals surface area contributed by atoms with Gasteiger partial charge in [0.15, 0.2) is 8.32 Å².